The first kappa shape index (κ1) is 14.8. The molecule has 3 rings (SSSR count). The molecule has 0 heterocycles. The molecule has 0 amide bonds. The monoisotopic (exact) mass is 303 g/mol. The summed E-state index contributed by atoms with van der Waals surface area (Å²) in [5.41, 5.74) is 4.07. The Labute approximate surface area is 133 Å². The predicted octanol–water partition coefficient (Wildman–Crippen LogP) is 4.59. The maximum absolute atomic E-state index is 2.46. The van der Waals surface area contributed by atoms with Crippen molar-refractivity contribution >= 4 is 24.0 Å². The molecule has 0 aliphatic rings. The van der Waals surface area contributed by atoms with Crippen LogP contribution in [-0.2, 0) is 0 Å². The quantitative estimate of drug-likeness (QED) is 0.621. The van der Waals surface area contributed by atoms with E-state index in [0.29, 0.717) is 0 Å². The molecule has 22 heavy (non-hydrogen) atoms. The average Bonchev–Trinajstić information content (AvgIpc) is 2.56. The Hall–Kier alpha value is -2.17. The summed E-state index contributed by atoms with van der Waals surface area (Å²) in [6.45, 7) is 4.39. The van der Waals surface area contributed by atoms with Crippen LogP contribution in [-0.4, -0.2) is 5.80 Å². The van der Waals surface area contributed by atoms with Crippen LogP contribution in [0.25, 0.3) is 0 Å². The Balaban J connectivity index is 2.20. The molecule has 0 atom stereocenters. The second-order valence-corrected chi connectivity index (χ2v) is 7.51. The topological polar surface area (TPSA) is 0 Å². The zero-order valence-corrected chi connectivity index (χ0v) is 13.9. The molecular formula is C21H20P+. The Morgan fingerprint density at radius 2 is 1.05 bits per heavy atom. The molecule has 0 aromatic heterocycles. The van der Waals surface area contributed by atoms with Crippen LogP contribution in [0.1, 0.15) is 16.7 Å². The van der Waals surface area contributed by atoms with Crippen molar-refractivity contribution in [3.05, 3.63) is 95.6 Å². The zero-order valence-electron chi connectivity index (χ0n) is 13.0. The standard InChI is InChI=1S/C21H20P/c1-17-10-9-11-18(2)21(17)16-22(19-12-5-3-6-13-19)20-14-7-4-8-15-20/h3-16H,1-2H3/q+1. The smallest absolute Gasteiger partial charge is 0.0619 e. The van der Waals surface area contributed by atoms with Gasteiger partial charge in [0, 0.05) is 5.56 Å². The average molecular weight is 303 g/mol. The van der Waals surface area contributed by atoms with E-state index in [-0.39, 0.29) is 0 Å². The van der Waals surface area contributed by atoms with E-state index in [1.165, 1.54) is 27.3 Å². The van der Waals surface area contributed by atoms with Gasteiger partial charge in [0.2, 0.25) is 0 Å². The van der Waals surface area contributed by atoms with Crippen LogP contribution in [0.3, 0.4) is 0 Å². The maximum Gasteiger partial charge on any atom is 0.170 e. The highest BCUT2D eigenvalue weighted by Crippen LogP contribution is 2.24. The van der Waals surface area contributed by atoms with Crippen molar-refractivity contribution in [1.82, 2.24) is 0 Å². The van der Waals surface area contributed by atoms with E-state index in [9.17, 15) is 0 Å². The first-order valence-electron chi connectivity index (χ1n) is 7.56. The molecule has 3 aromatic rings. The zero-order chi connectivity index (χ0) is 15.4. The molecule has 3 aromatic carbocycles. The molecule has 0 nitrogen and oxygen atoms in total. The van der Waals surface area contributed by atoms with Crippen molar-refractivity contribution < 1.29 is 0 Å². The van der Waals surface area contributed by atoms with E-state index in [0.717, 1.165) is 0 Å². The third-order valence-corrected chi connectivity index (χ3v) is 6.09. The lowest BCUT2D eigenvalue weighted by Crippen LogP contribution is -2.08. The number of hydrogen-bond donors (Lipinski definition) is 0. The summed E-state index contributed by atoms with van der Waals surface area (Å²) in [6.07, 6.45) is 0. The van der Waals surface area contributed by atoms with Crippen molar-refractivity contribution in [2.75, 3.05) is 0 Å². The molecule has 0 saturated heterocycles. The molecule has 0 aliphatic heterocycles. The third kappa shape index (κ3) is 3.18. The third-order valence-electron chi connectivity index (χ3n) is 3.87. The van der Waals surface area contributed by atoms with Crippen LogP contribution >= 0.6 is 7.55 Å². The summed E-state index contributed by atoms with van der Waals surface area (Å²) in [6, 6.07) is 28.2. The molecule has 0 radical (unpaired) electrons. The molecule has 108 valence electrons. The maximum atomic E-state index is 2.46. The van der Waals surface area contributed by atoms with Gasteiger partial charge in [-0.2, -0.15) is 0 Å². The van der Waals surface area contributed by atoms with Gasteiger partial charge in [-0.3, -0.25) is 0 Å². The Morgan fingerprint density at radius 3 is 1.50 bits per heavy atom. The highest BCUT2D eigenvalue weighted by Gasteiger charge is 2.18. The van der Waals surface area contributed by atoms with Gasteiger partial charge in [-0.05, 0) is 49.2 Å². The normalized spacial score (nSPS) is 10.3. The van der Waals surface area contributed by atoms with Gasteiger partial charge in [-0.25, -0.2) is 0 Å². The van der Waals surface area contributed by atoms with Gasteiger partial charge in [0.25, 0.3) is 0 Å². The predicted molar refractivity (Wildman–Crippen MR) is 100 cm³/mol. The molecule has 0 aliphatic carbocycles. The van der Waals surface area contributed by atoms with Crippen molar-refractivity contribution in [2.24, 2.45) is 0 Å². The van der Waals surface area contributed by atoms with Gasteiger partial charge in [0.15, 0.2) is 18.2 Å². The Kier molecular flexibility index (Phi) is 4.51. The summed E-state index contributed by atoms with van der Waals surface area (Å²) in [5.74, 6) is 2.46. The van der Waals surface area contributed by atoms with Gasteiger partial charge in [-0.15, -0.1) is 0 Å². The number of benzene rings is 3. The molecule has 0 spiro atoms. The molecule has 0 N–H and O–H groups in total. The van der Waals surface area contributed by atoms with E-state index in [1.807, 2.05) is 0 Å². The van der Waals surface area contributed by atoms with E-state index in [2.05, 4.69) is 98.5 Å². The van der Waals surface area contributed by atoms with E-state index >= 15 is 0 Å². The molecule has 0 bridgehead atoms. The van der Waals surface area contributed by atoms with Crippen LogP contribution in [0.15, 0.2) is 78.9 Å². The van der Waals surface area contributed by atoms with Crippen LogP contribution in [0.2, 0.25) is 0 Å². The minimum absolute atomic E-state index is 0.485. The first-order valence-corrected chi connectivity index (χ1v) is 8.97. The van der Waals surface area contributed by atoms with Crippen LogP contribution in [0, 0.1) is 13.8 Å². The van der Waals surface area contributed by atoms with E-state index in [4.69, 9.17) is 0 Å². The summed E-state index contributed by atoms with van der Waals surface area (Å²) >= 11 is 0. The number of aryl methyl sites for hydroxylation is 2. The number of rotatable bonds is 3. The SMILES string of the molecule is Cc1cccc(C)c1C=[P+](c1ccccc1)c1ccccc1. The van der Waals surface area contributed by atoms with E-state index < -0.39 is 7.55 Å². The summed E-state index contributed by atoms with van der Waals surface area (Å²) in [7, 11) is -0.485. The molecule has 0 saturated carbocycles. The molecule has 0 fully saturated rings. The van der Waals surface area contributed by atoms with E-state index in [1.54, 1.807) is 0 Å². The van der Waals surface area contributed by atoms with Crippen LogP contribution < -0.4 is 10.6 Å². The highest BCUT2D eigenvalue weighted by molar-refractivity contribution is 7.72. The first-order chi connectivity index (χ1) is 10.8. The fourth-order valence-electron chi connectivity index (χ4n) is 2.64. The summed E-state index contributed by atoms with van der Waals surface area (Å²) in [4.78, 5) is 0. The minimum atomic E-state index is -0.485. The van der Waals surface area contributed by atoms with Crippen molar-refractivity contribution in [1.29, 1.82) is 0 Å². The van der Waals surface area contributed by atoms with Gasteiger partial charge >= 0.3 is 0 Å². The van der Waals surface area contributed by atoms with Crippen molar-refractivity contribution in [2.45, 2.75) is 13.8 Å². The highest BCUT2D eigenvalue weighted by atomic mass is 31.1. The van der Waals surface area contributed by atoms with Gasteiger partial charge in [0.05, 0.1) is 0 Å². The lowest BCUT2D eigenvalue weighted by molar-refractivity contribution is 1.37. The largest absolute Gasteiger partial charge is 0.170 e. The molecule has 0 unspecified atom stereocenters. The van der Waals surface area contributed by atoms with Crippen molar-refractivity contribution in [3.63, 3.8) is 0 Å². The second kappa shape index (κ2) is 6.73. The Morgan fingerprint density at radius 1 is 0.591 bits per heavy atom. The molecule has 1 heteroatoms. The van der Waals surface area contributed by atoms with Crippen LogP contribution in [0.5, 0.6) is 0 Å². The Bertz CT molecular complexity index is 725. The van der Waals surface area contributed by atoms with Gasteiger partial charge in [-0.1, -0.05) is 54.6 Å². The minimum Gasteiger partial charge on any atom is -0.0619 e. The van der Waals surface area contributed by atoms with Gasteiger partial charge < -0.3 is 0 Å². The number of hydrogen-bond acceptors (Lipinski definition) is 0. The second-order valence-electron chi connectivity index (χ2n) is 5.48. The molecular weight excluding hydrogens is 283 g/mol. The lowest BCUT2D eigenvalue weighted by Gasteiger charge is -2.03. The fraction of sp³-hybridized carbons (Fsp3) is 0.0952. The van der Waals surface area contributed by atoms with Crippen molar-refractivity contribution in [3.8, 4) is 0 Å². The summed E-state index contributed by atoms with van der Waals surface area (Å²) < 4.78 is 0. The fourth-order valence-corrected chi connectivity index (χ4v) is 4.88. The summed E-state index contributed by atoms with van der Waals surface area (Å²) in [5, 5.41) is 2.79. The lowest BCUT2D eigenvalue weighted by atomic mass is 10.1. The van der Waals surface area contributed by atoms with Crippen LogP contribution in [0.4, 0.5) is 0 Å². The van der Waals surface area contributed by atoms with Gasteiger partial charge in [0.1, 0.15) is 5.80 Å².